The van der Waals surface area contributed by atoms with Gasteiger partial charge in [-0.2, -0.15) is 0 Å². The van der Waals surface area contributed by atoms with E-state index in [0.717, 1.165) is 17.7 Å². The van der Waals surface area contributed by atoms with Crippen molar-refractivity contribution in [3.8, 4) is 0 Å². The molecule has 1 aliphatic rings. The van der Waals surface area contributed by atoms with E-state index in [9.17, 15) is 9.00 Å². The number of likely N-dealkylation sites (tertiary alicyclic amines) is 1. The van der Waals surface area contributed by atoms with Crippen molar-refractivity contribution in [3.63, 3.8) is 0 Å². The summed E-state index contributed by atoms with van der Waals surface area (Å²) in [7, 11) is -0.969. The number of nitrogens with zero attached hydrogens (tertiary/aromatic N) is 2. The number of rotatable bonds is 4. The third kappa shape index (κ3) is 6.39. The van der Waals surface area contributed by atoms with Gasteiger partial charge in [0.2, 0.25) is 0 Å². The summed E-state index contributed by atoms with van der Waals surface area (Å²) in [5.74, 6) is 1.32. The Morgan fingerprint density at radius 2 is 2.30 bits per heavy atom. The third-order valence-electron chi connectivity index (χ3n) is 3.42. The first-order chi connectivity index (χ1) is 10.7. The van der Waals surface area contributed by atoms with Gasteiger partial charge in [-0.05, 0) is 39.5 Å². The van der Waals surface area contributed by atoms with Crippen molar-refractivity contribution in [1.82, 2.24) is 9.88 Å². The topological polar surface area (TPSA) is 59.5 Å². The molecule has 0 spiro atoms. The second kappa shape index (κ2) is 7.94. The molecule has 0 saturated carbocycles. The van der Waals surface area contributed by atoms with Crippen LogP contribution in [0.25, 0.3) is 0 Å². The third-order valence-corrected chi connectivity index (χ3v) is 6.19. The Morgan fingerprint density at radius 3 is 2.91 bits per heavy atom. The minimum atomic E-state index is -0.969. The van der Waals surface area contributed by atoms with Crippen LogP contribution in [0.5, 0.6) is 0 Å². The van der Waals surface area contributed by atoms with E-state index in [2.05, 4.69) is 4.98 Å². The number of amides is 1. The summed E-state index contributed by atoms with van der Waals surface area (Å²) in [4.78, 5) is 18.8. The number of halogens is 1. The summed E-state index contributed by atoms with van der Waals surface area (Å²) < 4.78 is 18.2. The fraction of sp³-hybridized carbons (Fsp3) is 0.733. The van der Waals surface area contributed by atoms with Gasteiger partial charge < -0.3 is 9.64 Å². The van der Waals surface area contributed by atoms with Crippen LogP contribution in [0, 0.1) is 5.92 Å². The Balaban J connectivity index is 1.83. The van der Waals surface area contributed by atoms with Crippen LogP contribution in [0.2, 0.25) is 4.47 Å². The highest BCUT2D eigenvalue weighted by Gasteiger charge is 2.28. The first-order valence-electron chi connectivity index (χ1n) is 7.66. The fourth-order valence-electron chi connectivity index (χ4n) is 2.52. The lowest BCUT2D eigenvalue weighted by molar-refractivity contribution is 0.0176. The van der Waals surface area contributed by atoms with Crippen LogP contribution >= 0.6 is 22.9 Å². The highest BCUT2D eigenvalue weighted by molar-refractivity contribution is 7.84. The number of aromatic nitrogens is 1. The molecular formula is C15H23ClN2O3S2. The highest BCUT2D eigenvalue weighted by Crippen LogP contribution is 2.23. The summed E-state index contributed by atoms with van der Waals surface area (Å²) in [6.07, 6.45) is 3.32. The molecule has 1 saturated heterocycles. The van der Waals surface area contributed by atoms with E-state index in [1.54, 1.807) is 11.1 Å². The zero-order valence-corrected chi connectivity index (χ0v) is 16.1. The van der Waals surface area contributed by atoms with E-state index in [4.69, 9.17) is 16.3 Å². The summed E-state index contributed by atoms with van der Waals surface area (Å²) >= 11 is 7.16. The molecule has 1 aromatic heterocycles. The van der Waals surface area contributed by atoms with Crippen LogP contribution in [0.15, 0.2) is 6.20 Å². The van der Waals surface area contributed by atoms with Gasteiger partial charge in [0.25, 0.3) is 0 Å². The predicted molar refractivity (Wildman–Crippen MR) is 94.4 cm³/mol. The van der Waals surface area contributed by atoms with Crippen molar-refractivity contribution in [1.29, 1.82) is 0 Å². The van der Waals surface area contributed by atoms with Gasteiger partial charge in [0.1, 0.15) is 5.60 Å². The van der Waals surface area contributed by atoms with Crippen LogP contribution in [0.4, 0.5) is 4.79 Å². The molecule has 0 aromatic carbocycles. The Kier molecular flexibility index (Phi) is 6.45. The molecule has 0 N–H and O–H groups in total. The molecule has 1 fully saturated rings. The first kappa shape index (κ1) is 18.7. The maximum absolute atomic E-state index is 12.3. The molecule has 0 bridgehead atoms. The lowest BCUT2D eigenvalue weighted by atomic mass is 10.0. The van der Waals surface area contributed by atoms with Crippen molar-refractivity contribution in [2.45, 2.75) is 45.0 Å². The highest BCUT2D eigenvalue weighted by atomic mass is 35.5. The molecule has 1 aliphatic heterocycles. The lowest BCUT2D eigenvalue weighted by Crippen LogP contribution is -2.44. The van der Waals surface area contributed by atoms with Gasteiger partial charge in [-0.25, -0.2) is 9.78 Å². The van der Waals surface area contributed by atoms with Gasteiger partial charge in [-0.3, -0.25) is 4.21 Å². The Labute approximate surface area is 148 Å². The summed E-state index contributed by atoms with van der Waals surface area (Å²) in [5.41, 5.74) is -0.488. The number of piperidine rings is 1. The quantitative estimate of drug-likeness (QED) is 0.801. The molecule has 8 heteroatoms. The monoisotopic (exact) mass is 378 g/mol. The van der Waals surface area contributed by atoms with Gasteiger partial charge in [0.05, 0.1) is 5.75 Å². The number of carbonyl (C=O) groups excluding carboxylic acids is 1. The number of hydrogen-bond donors (Lipinski definition) is 0. The van der Waals surface area contributed by atoms with Crippen molar-refractivity contribution in [2.75, 3.05) is 18.8 Å². The molecule has 0 unspecified atom stereocenters. The zero-order chi connectivity index (χ0) is 17.0. The average molecular weight is 379 g/mol. The minimum Gasteiger partial charge on any atom is -0.444 e. The molecule has 23 heavy (non-hydrogen) atoms. The number of thiazole rings is 1. The molecule has 2 atom stereocenters. The van der Waals surface area contributed by atoms with E-state index in [1.807, 2.05) is 20.8 Å². The van der Waals surface area contributed by atoms with E-state index in [-0.39, 0.29) is 12.0 Å². The molecule has 1 aromatic rings. The normalized spacial score (nSPS) is 20.3. The van der Waals surface area contributed by atoms with Crippen LogP contribution in [0.3, 0.4) is 0 Å². The molecule has 5 nitrogen and oxygen atoms in total. The average Bonchev–Trinajstić information content (AvgIpc) is 2.82. The number of hydrogen-bond acceptors (Lipinski definition) is 5. The molecule has 130 valence electrons. The van der Waals surface area contributed by atoms with Crippen LogP contribution < -0.4 is 0 Å². The molecule has 2 heterocycles. The minimum absolute atomic E-state index is 0.250. The van der Waals surface area contributed by atoms with Crippen molar-refractivity contribution in [2.24, 2.45) is 5.92 Å². The van der Waals surface area contributed by atoms with Gasteiger partial charge in [-0.15, -0.1) is 11.3 Å². The Bertz CT molecular complexity index is 571. The molecule has 0 aliphatic carbocycles. The number of ether oxygens (including phenoxy) is 1. The maximum Gasteiger partial charge on any atom is 0.410 e. The predicted octanol–water partition coefficient (Wildman–Crippen LogP) is 3.69. The molecule has 2 rings (SSSR count). The smallest absolute Gasteiger partial charge is 0.410 e. The van der Waals surface area contributed by atoms with E-state index < -0.39 is 16.4 Å². The maximum atomic E-state index is 12.3. The first-order valence-corrected chi connectivity index (χ1v) is 10.3. The van der Waals surface area contributed by atoms with Gasteiger partial charge in [0.15, 0.2) is 4.47 Å². The largest absolute Gasteiger partial charge is 0.444 e. The fourth-order valence-corrected chi connectivity index (χ4v) is 5.24. The lowest BCUT2D eigenvalue weighted by Gasteiger charge is -2.34. The molecule has 0 radical (unpaired) electrons. The van der Waals surface area contributed by atoms with Crippen molar-refractivity contribution >= 4 is 39.8 Å². The van der Waals surface area contributed by atoms with E-state index in [0.29, 0.717) is 29.1 Å². The van der Waals surface area contributed by atoms with Gasteiger partial charge in [-0.1, -0.05) is 11.6 Å². The zero-order valence-electron chi connectivity index (χ0n) is 13.7. The van der Waals surface area contributed by atoms with E-state index in [1.165, 1.54) is 11.3 Å². The summed E-state index contributed by atoms with van der Waals surface area (Å²) in [6, 6.07) is 0. The van der Waals surface area contributed by atoms with Crippen molar-refractivity contribution < 1.29 is 13.7 Å². The van der Waals surface area contributed by atoms with Crippen LogP contribution in [0.1, 0.15) is 38.5 Å². The molecule has 1 amide bonds. The molecular weight excluding hydrogens is 356 g/mol. The van der Waals surface area contributed by atoms with Gasteiger partial charge in [0, 0.05) is 40.7 Å². The second-order valence-electron chi connectivity index (χ2n) is 6.76. The number of carbonyl (C=O) groups is 1. The second-order valence-corrected chi connectivity index (χ2v) is 9.96. The Hall–Kier alpha value is -0.660. The van der Waals surface area contributed by atoms with Crippen molar-refractivity contribution in [3.05, 3.63) is 15.5 Å². The van der Waals surface area contributed by atoms with Crippen LogP contribution in [-0.4, -0.2) is 44.6 Å². The van der Waals surface area contributed by atoms with E-state index >= 15 is 0 Å². The Morgan fingerprint density at radius 1 is 1.57 bits per heavy atom. The standard InChI is InChI=1S/C15H23ClN2O3S2/c1-15(2,3)21-14(19)18-6-4-5-11(8-18)9-23(20)10-12-7-17-13(16)22-12/h7,11H,4-6,8-10H2,1-3H3/t11-,23+/m0/s1. The SMILES string of the molecule is CC(C)(C)OC(=O)N1CCC[C@H](C[S@@](=O)Cc2cnc(Cl)s2)C1. The van der Waals surface area contributed by atoms with Crippen LogP contribution in [-0.2, 0) is 21.3 Å². The summed E-state index contributed by atoms with van der Waals surface area (Å²) in [5, 5.41) is 0. The van der Waals surface area contributed by atoms with Gasteiger partial charge >= 0.3 is 6.09 Å². The summed E-state index contributed by atoms with van der Waals surface area (Å²) in [6.45, 7) is 6.91.